The summed E-state index contributed by atoms with van der Waals surface area (Å²) < 4.78 is 0. The van der Waals surface area contributed by atoms with Crippen molar-refractivity contribution >= 4 is 18.2 Å². The highest BCUT2D eigenvalue weighted by Gasteiger charge is 2.60. The molecular formula is C9H14ClNO. The summed E-state index contributed by atoms with van der Waals surface area (Å²) in [6.07, 6.45) is 3.57. The highest BCUT2D eigenvalue weighted by atomic mass is 35.5. The number of carbonyl (C=O) groups excluding carboxylic acids is 1. The van der Waals surface area contributed by atoms with E-state index in [0.717, 1.165) is 12.8 Å². The van der Waals surface area contributed by atoms with Gasteiger partial charge in [0.25, 0.3) is 0 Å². The Bertz CT molecular complexity index is 231. The van der Waals surface area contributed by atoms with Crippen molar-refractivity contribution in [2.24, 2.45) is 29.4 Å². The van der Waals surface area contributed by atoms with Crippen LogP contribution in [-0.4, -0.2) is 11.8 Å². The maximum Gasteiger partial charge on any atom is 0.141 e. The molecule has 2 N–H and O–H groups in total. The van der Waals surface area contributed by atoms with Gasteiger partial charge in [-0.2, -0.15) is 0 Å². The van der Waals surface area contributed by atoms with Gasteiger partial charge in [-0.25, -0.2) is 0 Å². The first-order valence-electron chi connectivity index (χ1n) is 4.58. The molecule has 0 aromatic rings. The Morgan fingerprint density at radius 1 is 1.25 bits per heavy atom. The third-order valence-corrected chi connectivity index (χ3v) is 4.04. The normalized spacial score (nSPS) is 54.4. The lowest BCUT2D eigenvalue weighted by atomic mass is 9.82. The number of Topliss-reactive ketones (excluding diaryl/α,β-unsaturated/α-hetero) is 1. The molecule has 0 amide bonds. The molecule has 0 aliphatic heterocycles. The monoisotopic (exact) mass is 187 g/mol. The van der Waals surface area contributed by atoms with Crippen LogP contribution in [0.1, 0.15) is 19.3 Å². The molecule has 0 spiro atoms. The molecule has 3 aliphatic rings. The minimum absolute atomic E-state index is 0. The van der Waals surface area contributed by atoms with Crippen molar-refractivity contribution in [1.82, 2.24) is 0 Å². The minimum atomic E-state index is 0. The van der Waals surface area contributed by atoms with Crippen molar-refractivity contribution in [3.8, 4) is 0 Å². The molecule has 3 heteroatoms. The molecule has 4 bridgehead atoms. The van der Waals surface area contributed by atoms with Gasteiger partial charge in [0.15, 0.2) is 0 Å². The zero-order valence-corrected chi connectivity index (χ0v) is 7.72. The molecule has 0 heterocycles. The van der Waals surface area contributed by atoms with Gasteiger partial charge in [-0.3, -0.25) is 4.79 Å². The number of nitrogens with two attached hydrogens (primary N) is 1. The van der Waals surface area contributed by atoms with E-state index in [4.69, 9.17) is 5.73 Å². The molecule has 0 aromatic carbocycles. The van der Waals surface area contributed by atoms with Gasteiger partial charge in [0.05, 0.1) is 0 Å². The molecule has 5 atom stereocenters. The first-order valence-corrected chi connectivity index (χ1v) is 4.58. The van der Waals surface area contributed by atoms with Gasteiger partial charge in [0.1, 0.15) is 5.78 Å². The number of hydrogen-bond donors (Lipinski definition) is 1. The molecule has 3 fully saturated rings. The van der Waals surface area contributed by atoms with E-state index in [1.165, 1.54) is 6.42 Å². The first kappa shape index (κ1) is 8.52. The minimum Gasteiger partial charge on any atom is -0.327 e. The topological polar surface area (TPSA) is 43.1 Å². The Balaban J connectivity index is 0.000000563. The molecule has 68 valence electrons. The lowest BCUT2D eigenvalue weighted by Gasteiger charge is -2.24. The molecule has 12 heavy (non-hydrogen) atoms. The molecular weight excluding hydrogens is 174 g/mol. The fraction of sp³-hybridized carbons (Fsp3) is 0.889. The van der Waals surface area contributed by atoms with E-state index in [0.29, 0.717) is 23.5 Å². The molecule has 0 aromatic heterocycles. The number of ketones is 1. The zero-order valence-electron chi connectivity index (χ0n) is 6.90. The van der Waals surface area contributed by atoms with E-state index >= 15 is 0 Å². The van der Waals surface area contributed by atoms with Gasteiger partial charge in [0.2, 0.25) is 0 Å². The van der Waals surface area contributed by atoms with Crippen LogP contribution in [0.4, 0.5) is 0 Å². The fourth-order valence-electron chi connectivity index (χ4n) is 3.68. The third kappa shape index (κ3) is 0.728. The Morgan fingerprint density at radius 3 is 2.50 bits per heavy atom. The summed E-state index contributed by atoms with van der Waals surface area (Å²) in [7, 11) is 0. The predicted octanol–water partition coefficient (Wildman–Crippen LogP) is 0.980. The SMILES string of the molecule is Cl.NC1CC2C3CCC2C1C3=O. The first-order chi connectivity index (χ1) is 5.29. The van der Waals surface area contributed by atoms with Crippen molar-refractivity contribution < 1.29 is 4.79 Å². The van der Waals surface area contributed by atoms with Crippen LogP contribution in [0.25, 0.3) is 0 Å². The zero-order chi connectivity index (χ0) is 7.59. The number of rotatable bonds is 0. The molecule has 3 rings (SSSR count). The predicted molar refractivity (Wildman–Crippen MR) is 48.0 cm³/mol. The largest absolute Gasteiger partial charge is 0.327 e. The Kier molecular flexibility index (Phi) is 1.74. The second kappa shape index (κ2) is 2.46. The van der Waals surface area contributed by atoms with Crippen LogP contribution in [0.5, 0.6) is 0 Å². The van der Waals surface area contributed by atoms with Gasteiger partial charge < -0.3 is 5.73 Å². The lowest BCUT2D eigenvalue weighted by molar-refractivity contribution is -0.127. The molecule has 3 aliphatic carbocycles. The van der Waals surface area contributed by atoms with E-state index < -0.39 is 0 Å². The third-order valence-electron chi connectivity index (χ3n) is 4.04. The Labute approximate surface area is 78.3 Å². The smallest absolute Gasteiger partial charge is 0.141 e. The standard InChI is InChI=1S/C9H13NO.ClH/c10-7-3-6-4-1-2-5(6)9(11)8(4)7;/h4-8H,1-3,10H2;1H. The highest BCUT2D eigenvalue weighted by Crippen LogP contribution is 2.58. The summed E-state index contributed by atoms with van der Waals surface area (Å²) in [6, 6.07) is 0.217. The summed E-state index contributed by atoms with van der Waals surface area (Å²) >= 11 is 0. The fourth-order valence-corrected chi connectivity index (χ4v) is 3.68. The average molecular weight is 188 g/mol. The van der Waals surface area contributed by atoms with Gasteiger partial charge in [-0.05, 0) is 31.1 Å². The Morgan fingerprint density at radius 2 is 2.00 bits per heavy atom. The van der Waals surface area contributed by atoms with Crippen molar-refractivity contribution in [1.29, 1.82) is 0 Å². The van der Waals surface area contributed by atoms with E-state index in [1.807, 2.05) is 0 Å². The van der Waals surface area contributed by atoms with Gasteiger partial charge in [-0.15, -0.1) is 12.4 Å². The molecule has 0 saturated heterocycles. The molecule has 3 saturated carbocycles. The van der Waals surface area contributed by atoms with Crippen molar-refractivity contribution in [2.75, 3.05) is 0 Å². The molecule has 5 unspecified atom stereocenters. The summed E-state index contributed by atoms with van der Waals surface area (Å²) in [4.78, 5) is 11.6. The van der Waals surface area contributed by atoms with Crippen LogP contribution in [-0.2, 0) is 4.79 Å². The van der Waals surface area contributed by atoms with Gasteiger partial charge in [-0.1, -0.05) is 0 Å². The second-order valence-corrected chi connectivity index (χ2v) is 4.34. The van der Waals surface area contributed by atoms with Gasteiger partial charge >= 0.3 is 0 Å². The summed E-state index contributed by atoms with van der Waals surface area (Å²) in [6.45, 7) is 0. The van der Waals surface area contributed by atoms with Crippen molar-refractivity contribution in [3.05, 3.63) is 0 Å². The molecule has 0 radical (unpaired) electrons. The van der Waals surface area contributed by atoms with Gasteiger partial charge in [0, 0.05) is 17.9 Å². The van der Waals surface area contributed by atoms with Crippen LogP contribution in [0.2, 0.25) is 0 Å². The lowest BCUT2D eigenvalue weighted by Crippen LogP contribution is -2.38. The van der Waals surface area contributed by atoms with Crippen LogP contribution in [0, 0.1) is 23.7 Å². The van der Waals surface area contributed by atoms with E-state index in [9.17, 15) is 4.79 Å². The second-order valence-electron chi connectivity index (χ2n) is 4.34. The van der Waals surface area contributed by atoms with Crippen LogP contribution in [0.3, 0.4) is 0 Å². The van der Waals surface area contributed by atoms with Crippen molar-refractivity contribution in [2.45, 2.75) is 25.3 Å². The van der Waals surface area contributed by atoms with Crippen LogP contribution >= 0.6 is 12.4 Å². The molecule has 2 nitrogen and oxygen atoms in total. The quantitative estimate of drug-likeness (QED) is 0.615. The van der Waals surface area contributed by atoms with E-state index in [2.05, 4.69) is 0 Å². The Hall–Kier alpha value is -0.0800. The number of carbonyl (C=O) groups is 1. The highest BCUT2D eigenvalue weighted by molar-refractivity contribution is 5.89. The van der Waals surface area contributed by atoms with Crippen LogP contribution < -0.4 is 5.73 Å². The van der Waals surface area contributed by atoms with Crippen molar-refractivity contribution in [3.63, 3.8) is 0 Å². The van der Waals surface area contributed by atoms with E-state index in [1.54, 1.807) is 0 Å². The van der Waals surface area contributed by atoms with Crippen LogP contribution in [0.15, 0.2) is 0 Å². The van der Waals surface area contributed by atoms with E-state index in [-0.39, 0.29) is 24.4 Å². The summed E-state index contributed by atoms with van der Waals surface area (Å²) in [5, 5.41) is 0. The maximum atomic E-state index is 11.6. The maximum absolute atomic E-state index is 11.6. The average Bonchev–Trinajstić information content (AvgIpc) is 2.50. The summed E-state index contributed by atoms with van der Waals surface area (Å²) in [5.41, 5.74) is 5.88. The number of hydrogen-bond acceptors (Lipinski definition) is 2. The number of halogens is 1. The summed E-state index contributed by atoms with van der Waals surface area (Å²) in [5.74, 6) is 2.61.